The number of hydrogen-bond acceptors (Lipinski definition) is 4. The molecule has 134 valence electrons. The molecule has 0 unspecified atom stereocenters. The molecular weight excluding hydrogens is 323 g/mol. The maximum Gasteiger partial charge on any atom is 0.325 e. The Balaban J connectivity index is 1.90. The summed E-state index contributed by atoms with van der Waals surface area (Å²) >= 11 is 0. The average molecular weight is 346 g/mol. The monoisotopic (exact) mass is 346 g/mol. The van der Waals surface area contributed by atoms with E-state index in [1.54, 1.807) is 26.0 Å². The van der Waals surface area contributed by atoms with E-state index in [1.807, 2.05) is 17.9 Å². The zero-order valence-electron chi connectivity index (χ0n) is 14.8. The lowest BCUT2D eigenvalue weighted by molar-refractivity contribution is -0.130. The number of amides is 3. The van der Waals surface area contributed by atoms with Crippen LogP contribution in [0.5, 0.6) is 0 Å². The van der Waals surface area contributed by atoms with Gasteiger partial charge in [0.25, 0.3) is 5.91 Å². The van der Waals surface area contributed by atoms with Gasteiger partial charge in [-0.1, -0.05) is 13.0 Å². The van der Waals surface area contributed by atoms with E-state index in [-0.39, 0.29) is 11.9 Å². The van der Waals surface area contributed by atoms with E-state index in [9.17, 15) is 14.0 Å². The summed E-state index contributed by atoms with van der Waals surface area (Å²) in [5, 5.41) is 11.4. The van der Waals surface area contributed by atoms with E-state index in [2.05, 4.69) is 5.32 Å². The first-order valence-corrected chi connectivity index (χ1v) is 8.33. The Hall–Kier alpha value is -2.46. The van der Waals surface area contributed by atoms with Gasteiger partial charge < -0.3 is 5.32 Å². The van der Waals surface area contributed by atoms with Crippen LogP contribution < -0.4 is 5.32 Å². The number of carbonyl (C=O) groups is 2. The number of urea groups is 1. The van der Waals surface area contributed by atoms with Gasteiger partial charge in [-0.3, -0.25) is 14.6 Å². The minimum absolute atomic E-state index is 0.223. The predicted octanol–water partition coefficient (Wildman–Crippen LogP) is 2.24. The number of nitrogens with zero attached hydrogens (tertiary/aromatic N) is 3. The van der Waals surface area contributed by atoms with Crippen LogP contribution in [0.3, 0.4) is 0 Å². The maximum absolute atomic E-state index is 14.0. The second-order valence-electron chi connectivity index (χ2n) is 6.65. The van der Waals surface area contributed by atoms with Gasteiger partial charge in [-0.25, -0.2) is 9.18 Å². The van der Waals surface area contributed by atoms with E-state index in [0.717, 1.165) is 0 Å². The van der Waals surface area contributed by atoms with Crippen LogP contribution >= 0.6 is 0 Å². The molecule has 7 heteroatoms. The van der Waals surface area contributed by atoms with Crippen molar-refractivity contribution in [2.75, 3.05) is 19.6 Å². The molecule has 0 aromatic heterocycles. The Bertz CT molecular complexity index is 712. The fourth-order valence-electron chi connectivity index (χ4n) is 2.81. The van der Waals surface area contributed by atoms with Crippen LogP contribution in [0.4, 0.5) is 9.18 Å². The van der Waals surface area contributed by atoms with Gasteiger partial charge in [0.1, 0.15) is 11.4 Å². The molecule has 0 radical (unpaired) electrons. The summed E-state index contributed by atoms with van der Waals surface area (Å²) in [6, 6.07) is 6.00. The molecule has 25 heavy (non-hydrogen) atoms. The summed E-state index contributed by atoms with van der Waals surface area (Å²) in [5.41, 5.74) is -0.0323. The molecule has 0 saturated carbocycles. The zero-order chi connectivity index (χ0) is 18.6. The number of nitriles is 1. The number of benzene rings is 1. The molecule has 0 atom stereocenters. The molecule has 0 spiro atoms. The van der Waals surface area contributed by atoms with Crippen molar-refractivity contribution in [3.63, 3.8) is 0 Å². The van der Waals surface area contributed by atoms with Crippen LogP contribution in [0.25, 0.3) is 0 Å². The van der Waals surface area contributed by atoms with E-state index in [4.69, 9.17) is 5.26 Å². The SMILES string of the molecule is CCN(CCCN1C(=O)NC(C)(C)C1=O)Cc1ccc(C#N)cc1F. The Kier molecular flexibility index (Phi) is 5.75. The van der Waals surface area contributed by atoms with Crippen LogP contribution in [0, 0.1) is 17.1 Å². The molecule has 1 N–H and O–H groups in total. The van der Waals surface area contributed by atoms with Crippen molar-refractivity contribution in [1.82, 2.24) is 15.1 Å². The number of imide groups is 1. The molecule has 3 amide bonds. The van der Waals surface area contributed by atoms with Crippen LogP contribution in [-0.4, -0.2) is 46.9 Å². The number of nitrogens with one attached hydrogen (secondary N) is 1. The largest absolute Gasteiger partial charge is 0.325 e. The fourth-order valence-corrected chi connectivity index (χ4v) is 2.81. The van der Waals surface area contributed by atoms with Gasteiger partial charge >= 0.3 is 6.03 Å². The van der Waals surface area contributed by atoms with Gasteiger partial charge in [-0.2, -0.15) is 5.26 Å². The van der Waals surface area contributed by atoms with Crippen molar-refractivity contribution in [3.8, 4) is 6.07 Å². The third-order valence-corrected chi connectivity index (χ3v) is 4.32. The molecule has 1 saturated heterocycles. The lowest BCUT2D eigenvalue weighted by Crippen LogP contribution is -2.40. The first kappa shape index (κ1) is 18.9. The lowest BCUT2D eigenvalue weighted by atomic mass is 10.1. The normalized spacial score (nSPS) is 16.2. The average Bonchev–Trinajstić information content (AvgIpc) is 2.76. The zero-order valence-corrected chi connectivity index (χ0v) is 14.8. The molecule has 1 aromatic rings. The van der Waals surface area contributed by atoms with Gasteiger partial charge in [-0.15, -0.1) is 0 Å². The molecule has 0 aliphatic carbocycles. The quantitative estimate of drug-likeness (QED) is 0.768. The number of hydrogen-bond donors (Lipinski definition) is 1. The Labute approximate surface area is 147 Å². The summed E-state index contributed by atoms with van der Waals surface area (Å²) in [7, 11) is 0. The van der Waals surface area contributed by atoms with Crippen molar-refractivity contribution >= 4 is 11.9 Å². The van der Waals surface area contributed by atoms with Crippen molar-refractivity contribution in [2.45, 2.75) is 39.3 Å². The third-order valence-electron chi connectivity index (χ3n) is 4.32. The van der Waals surface area contributed by atoms with Gasteiger partial charge in [0, 0.05) is 25.2 Å². The number of rotatable bonds is 7. The highest BCUT2D eigenvalue weighted by molar-refractivity contribution is 6.06. The predicted molar refractivity (Wildman–Crippen MR) is 91.0 cm³/mol. The minimum Gasteiger partial charge on any atom is -0.324 e. The van der Waals surface area contributed by atoms with Crippen LogP contribution in [0.2, 0.25) is 0 Å². The summed E-state index contributed by atoms with van der Waals surface area (Å²) in [4.78, 5) is 27.2. The van der Waals surface area contributed by atoms with E-state index >= 15 is 0 Å². The first-order chi connectivity index (χ1) is 11.8. The molecule has 1 aromatic carbocycles. The molecule has 0 bridgehead atoms. The van der Waals surface area contributed by atoms with Crippen molar-refractivity contribution in [1.29, 1.82) is 5.26 Å². The molecule has 2 rings (SSSR count). The van der Waals surface area contributed by atoms with Gasteiger partial charge in [-0.05, 0) is 38.9 Å². The Morgan fingerprint density at radius 1 is 1.36 bits per heavy atom. The fraction of sp³-hybridized carbons (Fsp3) is 0.500. The topological polar surface area (TPSA) is 76.4 Å². The van der Waals surface area contributed by atoms with Crippen molar-refractivity contribution < 1.29 is 14.0 Å². The summed E-state index contributed by atoms with van der Waals surface area (Å²) in [5.74, 6) is -0.618. The molecule has 1 heterocycles. The Morgan fingerprint density at radius 2 is 2.08 bits per heavy atom. The maximum atomic E-state index is 14.0. The van der Waals surface area contributed by atoms with Gasteiger partial charge in [0.15, 0.2) is 0 Å². The van der Waals surface area contributed by atoms with Crippen LogP contribution in [0.1, 0.15) is 38.3 Å². The van der Waals surface area contributed by atoms with Gasteiger partial charge in [0.2, 0.25) is 0 Å². The van der Waals surface area contributed by atoms with Crippen molar-refractivity contribution in [2.24, 2.45) is 0 Å². The Morgan fingerprint density at radius 3 is 2.60 bits per heavy atom. The highest BCUT2D eigenvalue weighted by atomic mass is 19.1. The second-order valence-corrected chi connectivity index (χ2v) is 6.65. The van der Waals surface area contributed by atoms with E-state index in [1.165, 1.54) is 11.0 Å². The molecule has 6 nitrogen and oxygen atoms in total. The smallest absolute Gasteiger partial charge is 0.324 e. The molecular formula is C18H23FN4O2. The second kappa shape index (κ2) is 7.62. The minimum atomic E-state index is -0.854. The number of halogens is 1. The first-order valence-electron chi connectivity index (χ1n) is 8.33. The highest BCUT2D eigenvalue weighted by Gasteiger charge is 2.43. The molecule has 1 fully saturated rings. The summed E-state index contributed by atoms with van der Waals surface area (Å²) in [6.07, 6.45) is 0.612. The standard InChI is InChI=1S/C18H23FN4O2/c1-4-22(12-14-7-6-13(11-20)10-15(14)19)8-5-9-23-16(24)18(2,3)21-17(23)25/h6-7,10H,4-5,8-9,12H2,1-3H3,(H,21,25). The highest BCUT2D eigenvalue weighted by Crippen LogP contribution is 2.17. The van der Waals surface area contributed by atoms with Crippen molar-refractivity contribution in [3.05, 3.63) is 35.1 Å². The summed E-state index contributed by atoms with van der Waals surface area (Å²) < 4.78 is 14.0. The number of carbonyl (C=O) groups excluding carboxylic acids is 2. The van der Waals surface area contributed by atoms with Crippen LogP contribution in [0.15, 0.2) is 18.2 Å². The van der Waals surface area contributed by atoms with Gasteiger partial charge in [0.05, 0.1) is 11.6 Å². The third kappa shape index (κ3) is 4.34. The van der Waals surface area contributed by atoms with Crippen LogP contribution in [-0.2, 0) is 11.3 Å². The molecule has 1 aliphatic heterocycles. The van der Waals surface area contributed by atoms with E-state index < -0.39 is 11.4 Å². The summed E-state index contributed by atoms with van der Waals surface area (Å²) in [6.45, 7) is 7.43. The lowest BCUT2D eigenvalue weighted by Gasteiger charge is -2.22. The molecule has 1 aliphatic rings. The van der Waals surface area contributed by atoms with E-state index in [0.29, 0.717) is 43.7 Å².